The number of anilines is 2. The largest absolute Gasteiger partial charge is 0.491 e. The fourth-order valence-corrected chi connectivity index (χ4v) is 1.72. The summed E-state index contributed by atoms with van der Waals surface area (Å²) in [6, 6.07) is 7.59. The molecule has 0 aliphatic carbocycles. The van der Waals surface area contributed by atoms with E-state index in [9.17, 15) is 9.18 Å². The van der Waals surface area contributed by atoms with Gasteiger partial charge in [-0.05, 0) is 31.2 Å². The van der Waals surface area contributed by atoms with Crippen LogP contribution in [0, 0.1) is 5.82 Å². The average Bonchev–Trinajstić information content (AvgIpc) is 2.50. The number of hydrogen-bond donors (Lipinski definition) is 2. The van der Waals surface area contributed by atoms with Crippen molar-refractivity contribution >= 4 is 17.3 Å². The fourth-order valence-electron chi connectivity index (χ4n) is 1.72. The quantitative estimate of drug-likeness (QED) is 0.888. The molecule has 1 heterocycles. The predicted molar refractivity (Wildman–Crippen MR) is 79.3 cm³/mol. The third-order valence-electron chi connectivity index (χ3n) is 2.77. The van der Waals surface area contributed by atoms with E-state index in [1.54, 1.807) is 38.4 Å². The van der Waals surface area contributed by atoms with E-state index in [2.05, 4.69) is 15.6 Å². The first-order chi connectivity index (χ1) is 10.1. The second kappa shape index (κ2) is 6.69. The predicted octanol–water partition coefficient (Wildman–Crippen LogP) is 2.91. The zero-order valence-electron chi connectivity index (χ0n) is 11.8. The number of nitrogens with zero attached hydrogens (tertiary/aromatic N) is 1. The summed E-state index contributed by atoms with van der Waals surface area (Å²) in [5.41, 5.74) is 1.41. The molecule has 0 fully saturated rings. The Morgan fingerprint density at radius 3 is 2.62 bits per heavy atom. The first-order valence-electron chi connectivity index (χ1n) is 6.51. The number of pyridine rings is 1. The van der Waals surface area contributed by atoms with Gasteiger partial charge in [-0.3, -0.25) is 4.79 Å². The summed E-state index contributed by atoms with van der Waals surface area (Å²) >= 11 is 0. The van der Waals surface area contributed by atoms with Crippen molar-refractivity contribution in [2.45, 2.75) is 6.92 Å². The van der Waals surface area contributed by atoms with Crippen LogP contribution in [0.4, 0.5) is 15.8 Å². The highest BCUT2D eigenvalue weighted by Crippen LogP contribution is 2.21. The third-order valence-corrected chi connectivity index (χ3v) is 2.77. The lowest BCUT2D eigenvalue weighted by atomic mass is 10.2. The first-order valence-corrected chi connectivity index (χ1v) is 6.51. The molecule has 110 valence electrons. The summed E-state index contributed by atoms with van der Waals surface area (Å²) in [5, 5.41) is 5.50. The Labute approximate surface area is 122 Å². The number of nitrogens with one attached hydrogen (secondary N) is 2. The number of halogens is 1. The summed E-state index contributed by atoms with van der Waals surface area (Å²) < 4.78 is 18.8. The van der Waals surface area contributed by atoms with Crippen LogP contribution in [0.25, 0.3) is 0 Å². The minimum atomic E-state index is -0.520. The molecule has 0 radical (unpaired) electrons. The molecule has 2 aromatic rings. The molecule has 6 heteroatoms. The molecule has 21 heavy (non-hydrogen) atoms. The maximum Gasteiger partial charge on any atom is 0.274 e. The van der Waals surface area contributed by atoms with E-state index in [-0.39, 0.29) is 11.4 Å². The minimum Gasteiger partial charge on any atom is -0.491 e. The number of carbonyl (C=O) groups is 1. The van der Waals surface area contributed by atoms with Gasteiger partial charge >= 0.3 is 0 Å². The zero-order valence-corrected chi connectivity index (χ0v) is 11.8. The van der Waals surface area contributed by atoms with Crippen LogP contribution in [-0.4, -0.2) is 24.5 Å². The molecule has 5 nitrogen and oxygen atoms in total. The topological polar surface area (TPSA) is 63.2 Å². The number of aromatic nitrogens is 1. The van der Waals surface area contributed by atoms with Crippen LogP contribution < -0.4 is 15.4 Å². The van der Waals surface area contributed by atoms with Gasteiger partial charge in [-0.1, -0.05) is 0 Å². The van der Waals surface area contributed by atoms with Crippen molar-refractivity contribution in [2.75, 3.05) is 24.3 Å². The minimum absolute atomic E-state index is 0.159. The summed E-state index contributed by atoms with van der Waals surface area (Å²) in [6.45, 7) is 2.15. The van der Waals surface area contributed by atoms with Crippen molar-refractivity contribution < 1.29 is 13.9 Å². The van der Waals surface area contributed by atoms with Gasteiger partial charge in [0, 0.05) is 18.8 Å². The smallest absolute Gasteiger partial charge is 0.274 e. The number of amides is 1. The second-order valence-corrected chi connectivity index (χ2v) is 4.21. The summed E-state index contributed by atoms with van der Waals surface area (Å²) in [6.07, 6.45) is 1.55. The molecule has 0 saturated carbocycles. The van der Waals surface area contributed by atoms with Crippen LogP contribution in [0.2, 0.25) is 0 Å². The summed E-state index contributed by atoms with van der Waals surface area (Å²) in [5.74, 6) is -0.763. The van der Waals surface area contributed by atoms with Crippen LogP contribution in [0.1, 0.15) is 17.4 Å². The summed E-state index contributed by atoms with van der Waals surface area (Å²) in [7, 11) is 1.76. The number of hydrogen-bond acceptors (Lipinski definition) is 4. The molecule has 2 rings (SSSR count). The standard InChI is InChI=1S/C15H16FN3O2/c1-3-21-14-7-5-10(8-12(14)16)19-15(20)13-6-4-11(17-2)9-18-13/h4-9,17H,3H2,1-2H3,(H,19,20). The number of ether oxygens (including phenoxy) is 1. The first kappa shape index (κ1) is 14.8. The van der Waals surface area contributed by atoms with E-state index in [1.807, 2.05) is 0 Å². The van der Waals surface area contributed by atoms with Crippen molar-refractivity contribution in [2.24, 2.45) is 0 Å². The molecule has 1 aromatic heterocycles. The van der Waals surface area contributed by atoms with Crippen molar-refractivity contribution in [3.05, 3.63) is 48.0 Å². The number of carbonyl (C=O) groups excluding carboxylic acids is 1. The summed E-state index contributed by atoms with van der Waals surface area (Å²) in [4.78, 5) is 16.0. The lowest BCUT2D eigenvalue weighted by molar-refractivity contribution is 0.102. The van der Waals surface area contributed by atoms with Gasteiger partial charge in [0.25, 0.3) is 5.91 Å². The Hall–Kier alpha value is -2.63. The molecule has 0 aliphatic heterocycles. The molecule has 0 saturated heterocycles. The van der Waals surface area contributed by atoms with Crippen molar-refractivity contribution in [3.63, 3.8) is 0 Å². The van der Waals surface area contributed by atoms with Gasteiger partial charge in [-0.2, -0.15) is 0 Å². The van der Waals surface area contributed by atoms with E-state index in [1.165, 1.54) is 12.1 Å². The van der Waals surface area contributed by atoms with E-state index in [4.69, 9.17) is 4.74 Å². The molecular formula is C15H16FN3O2. The normalized spacial score (nSPS) is 10.0. The van der Waals surface area contributed by atoms with E-state index < -0.39 is 11.7 Å². The third kappa shape index (κ3) is 3.68. The Bertz CT molecular complexity index is 629. The van der Waals surface area contributed by atoms with Crippen molar-refractivity contribution in [1.29, 1.82) is 0 Å². The fraction of sp³-hybridized carbons (Fsp3) is 0.200. The lowest BCUT2D eigenvalue weighted by Crippen LogP contribution is -2.13. The molecule has 0 unspecified atom stereocenters. The maximum absolute atomic E-state index is 13.7. The van der Waals surface area contributed by atoms with Crippen LogP contribution in [0.15, 0.2) is 36.5 Å². The number of rotatable bonds is 5. The number of benzene rings is 1. The van der Waals surface area contributed by atoms with Gasteiger partial charge in [0.1, 0.15) is 5.69 Å². The molecular weight excluding hydrogens is 273 g/mol. The van der Waals surface area contributed by atoms with Crippen LogP contribution >= 0.6 is 0 Å². The Morgan fingerprint density at radius 1 is 1.29 bits per heavy atom. The van der Waals surface area contributed by atoms with E-state index in [0.717, 1.165) is 5.69 Å². The molecule has 0 spiro atoms. The van der Waals surface area contributed by atoms with E-state index >= 15 is 0 Å². The average molecular weight is 289 g/mol. The van der Waals surface area contributed by atoms with Gasteiger partial charge in [-0.25, -0.2) is 9.37 Å². The Morgan fingerprint density at radius 2 is 2.05 bits per heavy atom. The Balaban J connectivity index is 2.09. The molecule has 0 atom stereocenters. The molecule has 1 amide bonds. The maximum atomic E-state index is 13.7. The monoisotopic (exact) mass is 289 g/mol. The van der Waals surface area contributed by atoms with Gasteiger partial charge in [0.15, 0.2) is 11.6 Å². The van der Waals surface area contributed by atoms with Gasteiger partial charge in [-0.15, -0.1) is 0 Å². The van der Waals surface area contributed by atoms with Crippen molar-refractivity contribution in [1.82, 2.24) is 4.98 Å². The van der Waals surface area contributed by atoms with E-state index in [0.29, 0.717) is 12.3 Å². The van der Waals surface area contributed by atoms with Crippen LogP contribution in [-0.2, 0) is 0 Å². The molecule has 0 aliphatic rings. The van der Waals surface area contributed by atoms with Gasteiger partial charge in [0.05, 0.1) is 18.5 Å². The lowest BCUT2D eigenvalue weighted by Gasteiger charge is -2.08. The van der Waals surface area contributed by atoms with Crippen molar-refractivity contribution in [3.8, 4) is 5.75 Å². The SMILES string of the molecule is CCOc1ccc(NC(=O)c2ccc(NC)cn2)cc1F. The van der Waals surface area contributed by atoms with Gasteiger partial charge in [0.2, 0.25) is 0 Å². The highest BCUT2D eigenvalue weighted by molar-refractivity contribution is 6.02. The molecule has 1 aromatic carbocycles. The second-order valence-electron chi connectivity index (χ2n) is 4.21. The highest BCUT2D eigenvalue weighted by atomic mass is 19.1. The molecule has 0 bridgehead atoms. The molecule has 2 N–H and O–H groups in total. The zero-order chi connectivity index (χ0) is 15.2. The Kier molecular flexibility index (Phi) is 4.71. The van der Waals surface area contributed by atoms with Crippen LogP contribution in [0.3, 0.4) is 0 Å². The highest BCUT2D eigenvalue weighted by Gasteiger charge is 2.10. The van der Waals surface area contributed by atoms with Crippen LogP contribution in [0.5, 0.6) is 5.75 Å². The van der Waals surface area contributed by atoms with Gasteiger partial charge < -0.3 is 15.4 Å².